The summed E-state index contributed by atoms with van der Waals surface area (Å²) in [6.07, 6.45) is 0.498. The van der Waals surface area contributed by atoms with Crippen LogP contribution >= 0.6 is 0 Å². The van der Waals surface area contributed by atoms with Crippen molar-refractivity contribution in [2.24, 2.45) is 0 Å². The van der Waals surface area contributed by atoms with E-state index in [4.69, 9.17) is 4.74 Å². The average Bonchev–Trinajstić information content (AvgIpc) is 2.19. The highest BCUT2D eigenvalue weighted by atomic mass is 16.5. The molecule has 1 aromatic rings. The number of Topliss-reactive ketones (excluding diaryl/α,β-unsaturated/α-hetero) is 1. The second-order valence-corrected chi connectivity index (χ2v) is 2.61. The number of aldehydes is 1. The fourth-order valence-corrected chi connectivity index (χ4v) is 0.986. The highest BCUT2D eigenvalue weighted by Crippen LogP contribution is 2.11. The van der Waals surface area contributed by atoms with E-state index in [1.165, 1.54) is 0 Å². The first kappa shape index (κ1) is 9.45. The lowest BCUT2D eigenvalue weighted by atomic mass is 10.1. The van der Waals surface area contributed by atoms with E-state index in [2.05, 4.69) is 0 Å². The third kappa shape index (κ3) is 2.71. The molecule has 0 saturated carbocycles. The maximum absolute atomic E-state index is 10.7. The molecular weight excluding hydrogens is 168 g/mol. The molecule has 0 aliphatic rings. The number of rotatable bonds is 4. The summed E-state index contributed by atoms with van der Waals surface area (Å²) in [5.74, 6) is 0.326. The van der Waals surface area contributed by atoms with Crippen LogP contribution in [0.1, 0.15) is 5.56 Å². The Labute approximate surface area is 76.3 Å². The Balaban J connectivity index is 2.69. The number of ether oxygens (including phenoxy) is 1. The predicted molar refractivity (Wildman–Crippen MR) is 47.8 cm³/mol. The third-order valence-corrected chi connectivity index (χ3v) is 1.67. The Kier molecular flexibility index (Phi) is 3.20. The summed E-state index contributed by atoms with van der Waals surface area (Å²) in [5.41, 5.74) is 0.818. The first-order valence-electron chi connectivity index (χ1n) is 3.87. The van der Waals surface area contributed by atoms with Gasteiger partial charge in [-0.05, 0) is 17.7 Å². The predicted octanol–water partition coefficient (Wildman–Crippen LogP) is 1.01. The van der Waals surface area contributed by atoms with Crippen molar-refractivity contribution >= 4 is 12.1 Å². The van der Waals surface area contributed by atoms with Gasteiger partial charge in [0.1, 0.15) is 5.75 Å². The van der Waals surface area contributed by atoms with Gasteiger partial charge in [-0.3, -0.25) is 9.59 Å². The number of hydrogen-bond donors (Lipinski definition) is 0. The SMILES string of the molecule is COc1ccc(CC(=O)C=O)cc1. The van der Waals surface area contributed by atoms with Gasteiger partial charge in [-0.25, -0.2) is 0 Å². The highest BCUT2D eigenvalue weighted by Gasteiger charge is 2.01. The van der Waals surface area contributed by atoms with Crippen molar-refractivity contribution < 1.29 is 14.3 Å². The molecule has 0 unspecified atom stereocenters. The smallest absolute Gasteiger partial charge is 0.199 e. The van der Waals surface area contributed by atoms with Gasteiger partial charge in [0.15, 0.2) is 12.1 Å². The third-order valence-electron chi connectivity index (χ3n) is 1.67. The molecule has 3 nitrogen and oxygen atoms in total. The molecule has 1 rings (SSSR count). The van der Waals surface area contributed by atoms with Gasteiger partial charge in [-0.15, -0.1) is 0 Å². The lowest BCUT2D eigenvalue weighted by Crippen LogP contribution is -2.02. The van der Waals surface area contributed by atoms with Gasteiger partial charge in [0, 0.05) is 6.42 Å². The summed E-state index contributed by atoms with van der Waals surface area (Å²) in [5, 5.41) is 0. The van der Waals surface area contributed by atoms with Crippen LogP contribution < -0.4 is 4.74 Å². The van der Waals surface area contributed by atoms with Crippen LogP contribution in [0.15, 0.2) is 24.3 Å². The monoisotopic (exact) mass is 178 g/mol. The number of carbonyl (C=O) groups is 2. The van der Waals surface area contributed by atoms with Gasteiger partial charge < -0.3 is 4.74 Å². The molecule has 0 radical (unpaired) electrons. The average molecular weight is 178 g/mol. The zero-order valence-electron chi connectivity index (χ0n) is 7.32. The van der Waals surface area contributed by atoms with Crippen molar-refractivity contribution in [3.05, 3.63) is 29.8 Å². The second kappa shape index (κ2) is 4.40. The Hall–Kier alpha value is -1.64. The minimum atomic E-state index is -0.412. The standard InChI is InChI=1S/C10H10O3/c1-13-10-4-2-8(3-5-10)6-9(12)7-11/h2-5,7H,6H2,1H3. The van der Waals surface area contributed by atoms with Crippen LogP contribution in [0.3, 0.4) is 0 Å². The van der Waals surface area contributed by atoms with Crippen molar-refractivity contribution in [1.29, 1.82) is 0 Å². The van der Waals surface area contributed by atoms with E-state index >= 15 is 0 Å². The molecule has 0 saturated heterocycles. The quantitative estimate of drug-likeness (QED) is 0.510. The minimum Gasteiger partial charge on any atom is -0.497 e. The Morgan fingerprint density at radius 1 is 1.38 bits per heavy atom. The molecule has 0 atom stereocenters. The van der Waals surface area contributed by atoms with E-state index in [1.807, 2.05) is 0 Å². The van der Waals surface area contributed by atoms with Crippen molar-refractivity contribution in [2.45, 2.75) is 6.42 Å². The van der Waals surface area contributed by atoms with Crippen LogP contribution in [0.5, 0.6) is 5.75 Å². The summed E-state index contributed by atoms with van der Waals surface area (Å²) in [4.78, 5) is 20.8. The van der Waals surface area contributed by atoms with E-state index in [0.29, 0.717) is 6.29 Å². The summed E-state index contributed by atoms with van der Waals surface area (Å²) < 4.78 is 4.95. The van der Waals surface area contributed by atoms with Crippen LogP contribution in [0.4, 0.5) is 0 Å². The number of methoxy groups -OCH3 is 1. The number of benzene rings is 1. The van der Waals surface area contributed by atoms with Gasteiger partial charge in [0.2, 0.25) is 0 Å². The van der Waals surface area contributed by atoms with Crippen molar-refractivity contribution in [3.8, 4) is 5.75 Å². The Bertz CT molecular complexity index is 300. The number of carbonyl (C=O) groups excluding carboxylic acids is 2. The van der Waals surface area contributed by atoms with Crippen LogP contribution in [0, 0.1) is 0 Å². The minimum absolute atomic E-state index is 0.160. The zero-order valence-corrected chi connectivity index (χ0v) is 7.32. The molecule has 68 valence electrons. The molecule has 0 aliphatic heterocycles. The molecule has 13 heavy (non-hydrogen) atoms. The normalized spacial score (nSPS) is 9.31. The van der Waals surface area contributed by atoms with Gasteiger partial charge in [0.05, 0.1) is 7.11 Å². The van der Waals surface area contributed by atoms with Crippen LogP contribution in [-0.2, 0) is 16.0 Å². The second-order valence-electron chi connectivity index (χ2n) is 2.61. The van der Waals surface area contributed by atoms with Crippen LogP contribution in [0.2, 0.25) is 0 Å². The molecule has 0 aromatic heterocycles. The van der Waals surface area contributed by atoms with Crippen LogP contribution in [0.25, 0.3) is 0 Å². The summed E-state index contributed by atoms with van der Waals surface area (Å²) in [6, 6.07) is 7.04. The number of ketones is 1. The Morgan fingerprint density at radius 2 is 2.00 bits per heavy atom. The van der Waals surface area contributed by atoms with Gasteiger partial charge >= 0.3 is 0 Å². The van der Waals surface area contributed by atoms with Crippen LogP contribution in [-0.4, -0.2) is 19.2 Å². The lowest BCUT2D eigenvalue weighted by Gasteiger charge is -2.00. The van der Waals surface area contributed by atoms with Crippen molar-refractivity contribution in [1.82, 2.24) is 0 Å². The molecule has 0 N–H and O–H groups in total. The molecule has 0 aliphatic carbocycles. The Morgan fingerprint density at radius 3 is 2.46 bits per heavy atom. The van der Waals surface area contributed by atoms with Crippen molar-refractivity contribution in [2.75, 3.05) is 7.11 Å². The maximum atomic E-state index is 10.7. The first-order chi connectivity index (χ1) is 6.26. The van der Waals surface area contributed by atoms with E-state index in [9.17, 15) is 9.59 Å². The number of hydrogen-bond acceptors (Lipinski definition) is 3. The molecule has 0 amide bonds. The molecular formula is C10H10O3. The maximum Gasteiger partial charge on any atom is 0.199 e. The molecule has 0 spiro atoms. The van der Waals surface area contributed by atoms with E-state index in [1.54, 1.807) is 31.4 Å². The summed E-state index contributed by atoms with van der Waals surface area (Å²) in [6.45, 7) is 0. The molecule has 0 bridgehead atoms. The largest absolute Gasteiger partial charge is 0.497 e. The topological polar surface area (TPSA) is 43.4 Å². The zero-order chi connectivity index (χ0) is 9.68. The fraction of sp³-hybridized carbons (Fsp3) is 0.200. The fourth-order valence-electron chi connectivity index (χ4n) is 0.986. The molecule has 3 heteroatoms. The van der Waals surface area contributed by atoms with Gasteiger partial charge in [-0.1, -0.05) is 12.1 Å². The van der Waals surface area contributed by atoms with Gasteiger partial charge in [0.25, 0.3) is 0 Å². The summed E-state index contributed by atoms with van der Waals surface area (Å²) >= 11 is 0. The van der Waals surface area contributed by atoms with E-state index in [0.717, 1.165) is 11.3 Å². The van der Waals surface area contributed by atoms with Gasteiger partial charge in [-0.2, -0.15) is 0 Å². The molecule has 0 fully saturated rings. The molecule has 1 aromatic carbocycles. The molecule has 0 heterocycles. The lowest BCUT2D eigenvalue weighted by molar-refractivity contribution is -0.129. The van der Waals surface area contributed by atoms with Crippen molar-refractivity contribution in [3.63, 3.8) is 0 Å². The summed E-state index contributed by atoms with van der Waals surface area (Å²) in [7, 11) is 1.57. The highest BCUT2D eigenvalue weighted by molar-refractivity contribution is 6.25. The van der Waals surface area contributed by atoms with E-state index < -0.39 is 5.78 Å². The van der Waals surface area contributed by atoms with E-state index in [-0.39, 0.29) is 6.42 Å². The first-order valence-corrected chi connectivity index (χ1v) is 3.87.